The van der Waals surface area contributed by atoms with Crippen molar-refractivity contribution in [2.45, 2.75) is 58.6 Å². The van der Waals surface area contributed by atoms with E-state index in [0.29, 0.717) is 12.0 Å². The average Bonchev–Trinajstić information content (AvgIpc) is 2.37. The van der Waals surface area contributed by atoms with Crippen molar-refractivity contribution in [3.05, 3.63) is 35.4 Å². The highest BCUT2D eigenvalue weighted by Gasteiger charge is 2.23. The van der Waals surface area contributed by atoms with E-state index in [2.05, 4.69) is 64.2 Å². The van der Waals surface area contributed by atoms with Crippen molar-refractivity contribution in [3.8, 4) is 0 Å². The summed E-state index contributed by atoms with van der Waals surface area (Å²) in [6.07, 6.45) is 1.24. The lowest BCUT2D eigenvalue weighted by Gasteiger charge is -2.29. The Hall–Kier alpha value is -0.860. The molecule has 0 fully saturated rings. The van der Waals surface area contributed by atoms with Gasteiger partial charge in [-0.25, -0.2) is 0 Å². The largest absolute Gasteiger partial charge is 0.380 e. The molecule has 0 heterocycles. The van der Waals surface area contributed by atoms with E-state index in [1.807, 2.05) is 7.05 Å². The van der Waals surface area contributed by atoms with Gasteiger partial charge in [-0.05, 0) is 35.9 Å². The zero-order valence-corrected chi connectivity index (χ0v) is 14.2. The van der Waals surface area contributed by atoms with Crippen molar-refractivity contribution in [1.82, 2.24) is 5.32 Å². The van der Waals surface area contributed by atoms with E-state index in [-0.39, 0.29) is 11.5 Å². The summed E-state index contributed by atoms with van der Waals surface area (Å²) in [6, 6.07) is 9.34. The third kappa shape index (κ3) is 4.60. The summed E-state index contributed by atoms with van der Waals surface area (Å²) in [5.74, 6) is 0.506. The number of benzene rings is 1. The fraction of sp³-hybridized carbons (Fsp3) is 0.667. The Balaban J connectivity index is 2.80. The first kappa shape index (κ1) is 17.2. The monoisotopic (exact) mass is 277 g/mol. The van der Waals surface area contributed by atoms with Crippen LogP contribution in [0.1, 0.15) is 45.7 Å². The van der Waals surface area contributed by atoms with Crippen LogP contribution in [-0.2, 0) is 16.6 Å². The van der Waals surface area contributed by atoms with E-state index >= 15 is 0 Å². The molecule has 0 aromatic heterocycles. The second kappa shape index (κ2) is 7.24. The molecule has 114 valence electrons. The number of hydrogen-bond donors (Lipinski definition) is 1. The summed E-state index contributed by atoms with van der Waals surface area (Å²) in [5.41, 5.74) is 2.96. The summed E-state index contributed by atoms with van der Waals surface area (Å²) in [7, 11) is 3.82. The van der Waals surface area contributed by atoms with E-state index in [1.165, 1.54) is 11.1 Å². The van der Waals surface area contributed by atoms with E-state index < -0.39 is 0 Å². The van der Waals surface area contributed by atoms with Crippen LogP contribution in [0.2, 0.25) is 0 Å². The standard InChI is InChI=1S/C18H31NO/c1-13(2)17(20-7)16(19-6)12-14-8-10-15(11-9-14)18(3,4)5/h8-11,13,16-17,19H,12H2,1-7H3. The van der Waals surface area contributed by atoms with Gasteiger partial charge in [0.05, 0.1) is 6.10 Å². The smallest absolute Gasteiger partial charge is 0.0750 e. The van der Waals surface area contributed by atoms with Crippen LogP contribution in [-0.4, -0.2) is 26.3 Å². The predicted molar refractivity (Wildman–Crippen MR) is 87.3 cm³/mol. The van der Waals surface area contributed by atoms with Gasteiger partial charge in [0.2, 0.25) is 0 Å². The molecule has 1 aromatic carbocycles. The minimum absolute atomic E-state index is 0.216. The van der Waals surface area contributed by atoms with Gasteiger partial charge in [0.1, 0.15) is 0 Å². The molecule has 0 spiro atoms. The number of ether oxygens (including phenoxy) is 1. The molecule has 20 heavy (non-hydrogen) atoms. The highest BCUT2D eigenvalue weighted by Crippen LogP contribution is 2.23. The molecule has 1 N–H and O–H groups in total. The van der Waals surface area contributed by atoms with Gasteiger partial charge in [0, 0.05) is 13.2 Å². The second-order valence-electron chi connectivity index (χ2n) is 6.99. The molecule has 2 nitrogen and oxygen atoms in total. The highest BCUT2D eigenvalue weighted by atomic mass is 16.5. The number of rotatable bonds is 6. The van der Waals surface area contributed by atoms with Crippen LogP contribution < -0.4 is 5.32 Å². The maximum atomic E-state index is 5.65. The maximum Gasteiger partial charge on any atom is 0.0750 e. The van der Waals surface area contributed by atoms with Gasteiger partial charge in [-0.1, -0.05) is 58.9 Å². The van der Waals surface area contributed by atoms with Gasteiger partial charge >= 0.3 is 0 Å². The van der Waals surface area contributed by atoms with E-state index in [0.717, 1.165) is 6.42 Å². The third-order valence-corrected chi connectivity index (χ3v) is 3.97. The number of likely N-dealkylation sites (N-methyl/N-ethyl adjacent to an activating group) is 1. The summed E-state index contributed by atoms with van der Waals surface area (Å²) in [6.45, 7) is 11.2. The average molecular weight is 277 g/mol. The number of methoxy groups -OCH3 is 1. The fourth-order valence-corrected chi connectivity index (χ4v) is 2.68. The molecule has 1 rings (SSSR count). The molecule has 1 aromatic rings. The van der Waals surface area contributed by atoms with Crippen LogP contribution >= 0.6 is 0 Å². The van der Waals surface area contributed by atoms with Crippen LogP contribution in [0.25, 0.3) is 0 Å². The molecule has 0 aliphatic rings. The van der Waals surface area contributed by atoms with Crippen molar-refractivity contribution in [2.75, 3.05) is 14.2 Å². The first-order valence-corrected chi connectivity index (χ1v) is 7.59. The lowest BCUT2D eigenvalue weighted by atomic mass is 9.86. The number of hydrogen-bond acceptors (Lipinski definition) is 2. The third-order valence-electron chi connectivity index (χ3n) is 3.97. The fourth-order valence-electron chi connectivity index (χ4n) is 2.68. The first-order valence-electron chi connectivity index (χ1n) is 7.59. The molecule has 0 aliphatic carbocycles. The zero-order chi connectivity index (χ0) is 15.3. The van der Waals surface area contributed by atoms with E-state index in [4.69, 9.17) is 4.74 Å². The Bertz CT molecular complexity index is 389. The molecule has 2 unspecified atom stereocenters. The van der Waals surface area contributed by atoms with Crippen LogP contribution in [0.5, 0.6) is 0 Å². The number of nitrogens with one attached hydrogen (secondary N) is 1. The second-order valence-corrected chi connectivity index (χ2v) is 6.99. The molecular weight excluding hydrogens is 246 g/mol. The molecule has 0 saturated heterocycles. The Kier molecular flexibility index (Phi) is 6.22. The van der Waals surface area contributed by atoms with Crippen molar-refractivity contribution in [1.29, 1.82) is 0 Å². The lowest BCUT2D eigenvalue weighted by molar-refractivity contribution is 0.0354. The van der Waals surface area contributed by atoms with Crippen LogP contribution in [0.15, 0.2) is 24.3 Å². The van der Waals surface area contributed by atoms with Crippen molar-refractivity contribution < 1.29 is 4.74 Å². The van der Waals surface area contributed by atoms with Gasteiger partial charge in [0.15, 0.2) is 0 Å². The summed E-state index contributed by atoms with van der Waals surface area (Å²) in [4.78, 5) is 0. The van der Waals surface area contributed by atoms with Crippen LogP contribution in [0.3, 0.4) is 0 Å². The van der Waals surface area contributed by atoms with Gasteiger partial charge in [0.25, 0.3) is 0 Å². The van der Waals surface area contributed by atoms with Gasteiger partial charge in [-0.2, -0.15) is 0 Å². The van der Waals surface area contributed by atoms with Crippen molar-refractivity contribution in [3.63, 3.8) is 0 Å². The molecule has 0 saturated carbocycles. The predicted octanol–water partition coefficient (Wildman–Crippen LogP) is 3.79. The topological polar surface area (TPSA) is 21.3 Å². The Morgan fingerprint density at radius 1 is 1.10 bits per heavy atom. The van der Waals surface area contributed by atoms with E-state index in [9.17, 15) is 0 Å². The minimum atomic E-state index is 0.216. The van der Waals surface area contributed by atoms with Crippen molar-refractivity contribution in [2.24, 2.45) is 5.92 Å². The molecule has 2 heteroatoms. The van der Waals surface area contributed by atoms with Crippen molar-refractivity contribution >= 4 is 0 Å². The summed E-state index contributed by atoms with van der Waals surface area (Å²) in [5, 5.41) is 3.40. The van der Waals surface area contributed by atoms with E-state index in [1.54, 1.807) is 7.11 Å². The molecule has 2 atom stereocenters. The Morgan fingerprint density at radius 3 is 2.00 bits per heavy atom. The molecule has 0 radical (unpaired) electrons. The molecule has 0 amide bonds. The molecular formula is C18H31NO. The normalized spacial score (nSPS) is 15.4. The van der Waals surface area contributed by atoms with Gasteiger partial charge in [-0.3, -0.25) is 0 Å². The lowest BCUT2D eigenvalue weighted by Crippen LogP contribution is -2.43. The SMILES string of the molecule is CNC(Cc1ccc(C(C)(C)C)cc1)C(OC)C(C)C. The molecule has 0 bridgehead atoms. The highest BCUT2D eigenvalue weighted by molar-refractivity contribution is 5.28. The zero-order valence-electron chi connectivity index (χ0n) is 14.2. The van der Waals surface area contributed by atoms with Crippen LogP contribution in [0, 0.1) is 5.92 Å². The summed E-state index contributed by atoms with van der Waals surface area (Å²) >= 11 is 0. The molecule has 0 aliphatic heterocycles. The van der Waals surface area contributed by atoms with Gasteiger partial charge < -0.3 is 10.1 Å². The minimum Gasteiger partial charge on any atom is -0.380 e. The Morgan fingerprint density at radius 2 is 1.65 bits per heavy atom. The van der Waals surface area contributed by atoms with Crippen LogP contribution in [0.4, 0.5) is 0 Å². The quantitative estimate of drug-likeness (QED) is 0.854. The Labute approximate surface area is 124 Å². The summed E-state index contributed by atoms with van der Waals surface area (Å²) < 4.78 is 5.65. The first-order chi connectivity index (χ1) is 9.29. The van der Waals surface area contributed by atoms with Gasteiger partial charge in [-0.15, -0.1) is 0 Å². The maximum absolute atomic E-state index is 5.65.